The second kappa shape index (κ2) is 17.0. The quantitative estimate of drug-likeness (QED) is 0.259. The molecule has 2 nitrogen and oxygen atoms in total. The predicted molar refractivity (Wildman–Crippen MR) is 221 cm³/mol. The van der Waals surface area contributed by atoms with E-state index in [4.69, 9.17) is 4.74 Å². The van der Waals surface area contributed by atoms with Crippen LogP contribution in [-0.2, 0) is 4.74 Å². The average molecular weight is 728 g/mol. The van der Waals surface area contributed by atoms with Crippen LogP contribution in [0.1, 0.15) is 218 Å². The van der Waals surface area contributed by atoms with Crippen LogP contribution in [0.25, 0.3) is 0 Å². The van der Waals surface area contributed by atoms with Crippen LogP contribution in [-0.4, -0.2) is 35.2 Å². The van der Waals surface area contributed by atoms with Crippen molar-refractivity contribution in [1.29, 1.82) is 0 Å². The van der Waals surface area contributed by atoms with Crippen molar-refractivity contribution in [1.82, 2.24) is 4.90 Å². The highest BCUT2D eigenvalue weighted by molar-refractivity contribution is 5.04. The molecule has 0 bridgehead atoms. The summed E-state index contributed by atoms with van der Waals surface area (Å²) < 4.78 is 7.13. The van der Waals surface area contributed by atoms with Gasteiger partial charge in [-0.15, -0.1) is 0 Å². The lowest BCUT2D eigenvalue weighted by Crippen LogP contribution is -2.53. The molecule has 10 aliphatic rings. The maximum Gasteiger partial charge on any atom is 0.0613 e. The minimum absolute atomic E-state index is 0.627. The molecule has 2 heteroatoms. The lowest BCUT2D eigenvalue weighted by molar-refractivity contribution is -0.0208. The Hall–Kier alpha value is -0.0800. The Bertz CT molecular complexity index is 1130. The largest absolute Gasteiger partial charge is 0.374 e. The van der Waals surface area contributed by atoms with Crippen LogP contribution in [0.2, 0.25) is 0 Å². The highest BCUT2D eigenvalue weighted by Gasteiger charge is 2.54. The first kappa shape index (κ1) is 37.2. The zero-order valence-corrected chi connectivity index (χ0v) is 34.7. The van der Waals surface area contributed by atoms with Crippen LogP contribution in [0.15, 0.2) is 0 Å². The lowest BCUT2D eigenvalue weighted by Gasteiger charge is -2.50. The molecule has 0 aromatic rings. The van der Waals surface area contributed by atoms with Gasteiger partial charge in [0.25, 0.3) is 0 Å². The van der Waals surface area contributed by atoms with Crippen LogP contribution in [0, 0.1) is 71.0 Å². The van der Waals surface area contributed by atoms with Crippen molar-refractivity contribution in [2.75, 3.05) is 0 Å². The van der Waals surface area contributed by atoms with Gasteiger partial charge in [-0.25, -0.2) is 0 Å². The third kappa shape index (κ3) is 7.91. The molecule has 1 heterocycles. The fourth-order valence-electron chi connectivity index (χ4n) is 17.8. The molecule has 1 aliphatic heterocycles. The first-order valence-corrected chi connectivity index (χ1v) is 25.7. The van der Waals surface area contributed by atoms with Gasteiger partial charge in [-0.2, -0.15) is 0 Å². The van der Waals surface area contributed by atoms with Gasteiger partial charge >= 0.3 is 0 Å². The Morgan fingerprint density at radius 1 is 0.264 bits per heavy atom. The zero-order chi connectivity index (χ0) is 35.1. The number of hydrogen-bond donors (Lipinski definition) is 0. The van der Waals surface area contributed by atoms with E-state index in [1.54, 1.807) is 96.3 Å². The predicted octanol–water partition coefficient (Wildman–Crippen LogP) is 13.9. The standard InChI is InChI=1S/C51H85NO/c1-4-11-35(12-5-1)37-21-26-45(27-22-37)52(44-15-8-3-9-16-44)46-28-23-38(24-29-46)40-25-30-49-48(34-40)51-47(17-10-18-50(51)53-49)41-20-19-39-31-42(33-43(39)32-41)36-13-6-2-7-14-36/h35-51H,1-34H2. The zero-order valence-electron chi connectivity index (χ0n) is 34.7. The van der Waals surface area contributed by atoms with E-state index in [-0.39, 0.29) is 0 Å². The molecular weight excluding hydrogens is 643 g/mol. The van der Waals surface area contributed by atoms with Crippen LogP contribution in [0.3, 0.4) is 0 Å². The molecule has 0 amide bonds. The summed E-state index contributed by atoms with van der Waals surface area (Å²) in [6, 6.07) is 2.75. The molecule has 10 fully saturated rings. The summed E-state index contributed by atoms with van der Waals surface area (Å²) in [5.41, 5.74) is 0. The average Bonchev–Trinajstić information content (AvgIpc) is 3.84. The molecule has 0 spiro atoms. The van der Waals surface area contributed by atoms with Crippen molar-refractivity contribution >= 4 is 0 Å². The maximum atomic E-state index is 7.13. The van der Waals surface area contributed by atoms with E-state index < -0.39 is 0 Å². The van der Waals surface area contributed by atoms with Crippen molar-refractivity contribution in [3.8, 4) is 0 Å². The van der Waals surface area contributed by atoms with Crippen LogP contribution < -0.4 is 0 Å². The third-order valence-electron chi connectivity index (χ3n) is 20.3. The number of rotatable bonds is 7. The maximum absolute atomic E-state index is 7.13. The summed E-state index contributed by atoms with van der Waals surface area (Å²) in [5, 5.41) is 0. The Morgan fingerprint density at radius 2 is 0.717 bits per heavy atom. The number of ether oxygens (including phenoxy) is 1. The summed E-state index contributed by atoms with van der Waals surface area (Å²) in [5.74, 6) is 12.5. The lowest BCUT2D eigenvalue weighted by atomic mass is 9.58. The molecule has 10 rings (SSSR count). The van der Waals surface area contributed by atoms with Gasteiger partial charge in [0.1, 0.15) is 0 Å². The van der Waals surface area contributed by atoms with Gasteiger partial charge in [-0.05, 0) is 199 Å². The van der Waals surface area contributed by atoms with Gasteiger partial charge in [-0.3, -0.25) is 4.90 Å². The summed E-state index contributed by atoms with van der Waals surface area (Å²) in [7, 11) is 0. The molecule has 10 unspecified atom stereocenters. The first-order chi connectivity index (χ1) is 26.2. The molecule has 9 saturated carbocycles. The van der Waals surface area contributed by atoms with E-state index in [9.17, 15) is 0 Å². The summed E-state index contributed by atoms with van der Waals surface area (Å²) in [4.78, 5) is 3.28. The molecule has 300 valence electrons. The molecule has 0 radical (unpaired) electrons. The normalized spacial score (nSPS) is 47.9. The molecule has 0 aromatic heterocycles. The van der Waals surface area contributed by atoms with Crippen LogP contribution in [0.4, 0.5) is 0 Å². The summed E-state index contributed by atoms with van der Waals surface area (Å²) >= 11 is 0. The summed E-state index contributed by atoms with van der Waals surface area (Å²) in [6.07, 6.45) is 53.5. The van der Waals surface area contributed by atoms with Crippen LogP contribution in [0.5, 0.6) is 0 Å². The van der Waals surface area contributed by atoms with Gasteiger partial charge in [0, 0.05) is 18.1 Å². The van der Waals surface area contributed by atoms with E-state index in [1.165, 1.54) is 122 Å². The number of hydrogen-bond acceptors (Lipinski definition) is 2. The van der Waals surface area contributed by atoms with Gasteiger partial charge < -0.3 is 4.74 Å². The smallest absolute Gasteiger partial charge is 0.0613 e. The minimum Gasteiger partial charge on any atom is -0.374 e. The van der Waals surface area contributed by atoms with Crippen molar-refractivity contribution in [2.45, 2.75) is 249 Å². The molecule has 0 aromatic carbocycles. The van der Waals surface area contributed by atoms with E-state index >= 15 is 0 Å². The van der Waals surface area contributed by atoms with E-state index in [0.29, 0.717) is 12.2 Å². The second-order valence-electron chi connectivity index (χ2n) is 22.6. The van der Waals surface area contributed by atoms with Gasteiger partial charge in [0.15, 0.2) is 0 Å². The Kier molecular flexibility index (Phi) is 12.0. The number of nitrogens with zero attached hydrogens (tertiary/aromatic N) is 1. The van der Waals surface area contributed by atoms with Gasteiger partial charge in [-0.1, -0.05) is 89.9 Å². The topological polar surface area (TPSA) is 12.5 Å². The first-order valence-electron chi connectivity index (χ1n) is 25.7. The Balaban J connectivity index is 0.758. The Morgan fingerprint density at radius 3 is 1.40 bits per heavy atom. The molecule has 1 saturated heterocycles. The van der Waals surface area contributed by atoms with Crippen molar-refractivity contribution in [3.63, 3.8) is 0 Å². The Labute approximate surface area is 328 Å². The highest BCUT2D eigenvalue weighted by Crippen LogP contribution is 2.59. The van der Waals surface area contributed by atoms with Gasteiger partial charge in [0.2, 0.25) is 0 Å². The SMILES string of the molecule is C1CCC(C2CCC(N(C3CCCCC3)C3CCC(C4CCC5OC6CCCC(C7CCC8CC(C9CCCCC9)CC8C7)C6C5C4)CC3)CC2)CC1. The highest BCUT2D eigenvalue weighted by atomic mass is 16.5. The van der Waals surface area contributed by atoms with Crippen molar-refractivity contribution in [3.05, 3.63) is 0 Å². The van der Waals surface area contributed by atoms with Crippen molar-refractivity contribution < 1.29 is 4.74 Å². The molecular formula is C51H85NO. The minimum atomic E-state index is 0.627. The second-order valence-corrected chi connectivity index (χ2v) is 22.6. The van der Waals surface area contributed by atoms with Crippen molar-refractivity contribution in [2.24, 2.45) is 71.0 Å². The fourth-order valence-corrected chi connectivity index (χ4v) is 17.8. The third-order valence-corrected chi connectivity index (χ3v) is 20.3. The van der Waals surface area contributed by atoms with E-state index in [1.807, 2.05) is 0 Å². The van der Waals surface area contributed by atoms with E-state index in [0.717, 1.165) is 89.1 Å². The number of fused-ring (bicyclic) bond motifs is 4. The molecule has 53 heavy (non-hydrogen) atoms. The molecule has 9 aliphatic carbocycles. The van der Waals surface area contributed by atoms with E-state index in [2.05, 4.69) is 4.90 Å². The fraction of sp³-hybridized carbons (Fsp3) is 1.00. The molecule has 10 atom stereocenters. The molecule has 0 N–H and O–H groups in total. The summed E-state index contributed by atoms with van der Waals surface area (Å²) in [6.45, 7) is 0. The monoisotopic (exact) mass is 728 g/mol. The van der Waals surface area contributed by atoms with Crippen LogP contribution >= 0.6 is 0 Å². The van der Waals surface area contributed by atoms with Gasteiger partial charge in [0.05, 0.1) is 12.2 Å².